The molecule has 0 atom stereocenters. The van der Waals surface area contributed by atoms with Gasteiger partial charge in [0.05, 0.1) is 17.1 Å². The normalized spacial score (nSPS) is 11.7. The molecule has 0 saturated carbocycles. The monoisotopic (exact) mass is 367 g/mol. The van der Waals surface area contributed by atoms with Gasteiger partial charge in [-0.1, -0.05) is 29.3 Å². The van der Waals surface area contributed by atoms with Crippen LogP contribution in [-0.2, 0) is 12.7 Å². The van der Waals surface area contributed by atoms with Gasteiger partial charge in [0.1, 0.15) is 5.02 Å². The fourth-order valence-corrected chi connectivity index (χ4v) is 3.00. The van der Waals surface area contributed by atoms with E-state index in [1.807, 2.05) is 6.26 Å². The minimum absolute atomic E-state index is 0.0448. The van der Waals surface area contributed by atoms with Gasteiger partial charge in [-0.25, -0.2) is 0 Å². The Morgan fingerprint density at radius 1 is 1.18 bits per heavy atom. The van der Waals surface area contributed by atoms with Crippen LogP contribution in [0.5, 0.6) is 0 Å². The van der Waals surface area contributed by atoms with Crippen LogP contribution in [0.25, 0.3) is 0 Å². The van der Waals surface area contributed by atoms with Gasteiger partial charge in [-0.2, -0.15) is 13.2 Å². The molecule has 0 aliphatic rings. The molecular formula is C14H10Cl2F3NOS. The molecule has 0 bridgehead atoms. The summed E-state index contributed by atoms with van der Waals surface area (Å²) in [4.78, 5) is 12.7. The van der Waals surface area contributed by atoms with Crippen molar-refractivity contribution < 1.29 is 13.2 Å². The van der Waals surface area contributed by atoms with Crippen molar-refractivity contribution in [3.63, 3.8) is 0 Å². The molecule has 1 heterocycles. The fraction of sp³-hybridized carbons (Fsp3) is 0.214. The summed E-state index contributed by atoms with van der Waals surface area (Å²) >= 11 is 13.1. The number of benzene rings is 1. The molecule has 8 heteroatoms. The zero-order valence-corrected chi connectivity index (χ0v) is 13.6. The number of hydrogen-bond acceptors (Lipinski definition) is 2. The third-order valence-corrected chi connectivity index (χ3v) is 4.43. The van der Waals surface area contributed by atoms with Gasteiger partial charge in [-0.15, -0.1) is 11.8 Å². The fourth-order valence-electron chi connectivity index (χ4n) is 1.88. The Bertz CT molecular complexity index is 759. The number of pyridine rings is 1. The number of halogens is 5. The summed E-state index contributed by atoms with van der Waals surface area (Å²) in [6.07, 6.45) is -1.96. The maximum Gasteiger partial charge on any atom is 0.417 e. The van der Waals surface area contributed by atoms with Crippen LogP contribution in [0.3, 0.4) is 0 Å². The van der Waals surface area contributed by atoms with E-state index in [9.17, 15) is 18.0 Å². The minimum Gasteiger partial charge on any atom is -0.309 e. The maximum atomic E-state index is 12.8. The highest BCUT2D eigenvalue weighted by atomic mass is 35.5. The summed E-state index contributed by atoms with van der Waals surface area (Å²) < 4.78 is 39.3. The molecule has 0 amide bonds. The molecule has 1 aromatic heterocycles. The highest BCUT2D eigenvalue weighted by molar-refractivity contribution is 7.98. The van der Waals surface area contributed by atoms with E-state index in [4.69, 9.17) is 23.2 Å². The van der Waals surface area contributed by atoms with Crippen LogP contribution in [0.1, 0.15) is 11.1 Å². The third-order valence-electron chi connectivity index (χ3n) is 2.94. The molecule has 2 rings (SSSR count). The zero-order valence-electron chi connectivity index (χ0n) is 11.2. The van der Waals surface area contributed by atoms with Crippen molar-refractivity contribution in [3.05, 3.63) is 62.0 Å². The first kappa shape index (κ1) is 17.2. The first-order chi connectivity index (χ1) is 10.2. The van der Waals surface area contributed by atoms with Crippen molar-refractivity contribution in [2.45, 2.75) is 17.6 Å². The van der Waals surface area contributed by atoms with Crippen molar-refractivity contribution in [1.29, 1.82) is 0 Å². The summed E-state index contributed by atoms with van der Waals surface area (Å²) in [5, 5.41) is 0.0118. The topological polar surface area (TPSA) is 22.0 Å². The van der Waals surface area contributed by atoms with Crippen LogP contribution >= 0.6 is 35.0 Å². The van der Waals surface area contributed by atoms with E-state index in [2.05, 4.69) is 0 Å². The SMILES string of the molecule is CSc1ccc(Cn2cc(C(F)(F)F)cc(Cl)c2=O)cc1Cl. The van der Waals surface area contributed by atoms with Crippen LogP contribution in [0.2, 0.25) is 10.0 Å². The van der Waals surface area contributed by atoms with Crippen LogP contribution in [0, 0.1) is 0 Å². The molecule has 22 heavy (non-hydrogen) atoms. The number of alkyl halides is 3. The lowest BCUT2D eigenvalue weighted by molar-refractivity contribution is -0.138. The molecule has 0 aliphatic heterocycles. The number of hydrogen-bond donors (Lipinski definition) is 0. The van der Waals surface area contributed by atoms with E-state index >= 15 is 0 Å². The summed E-state index contributed by atoms with van der Waals surface area (Å²) in [7, 11) is 0. The molecular weight excluding hydrogens is 358 g/mol. The Morgan fingerprint density at radius 3 is 2.41 bits per heavy atom. The van der Waals surface area contributed by atoms with Crippen molar-refractivity contribution >= 4 is 35.0 Å². The predicted octanol–water partition coefficient (Wildman–Crippen LogP) is 4.94. The predicted molar refractivity (Wildman–Crippen MR) is 83.0 cm³/mol. The summed E-state index contributed by atoms with van der Waals surface area (Å²) in [6, 6.07) is 5.71. The van der Waals surface area contributed by atoms with Crippen molar-refractivity contribution in [2.75, 3.05) is 6.26 Å². The van der Waals surface area contributed by atoms with Gasteiger partial charge in [-0.05, 0) is 30.0 Å². The highest BCUT2D eigenvalue weighted by Gasteiger charge is 2.32. The molecule has 2 nitrogen and oxygen atoms in total. The number of rotatable bonds is 3. The van der Waals surface area contributed by atoms with E-state index in [0.717, 1.165) is 15.7 Å². The molecule has 0 radical (unpaired) electrons. The number of thioether (sulfide) groups is 1. The second-order valence-corrected chi connectivity index (χ2v) is 6.14. The summed E-state index contributed by atoms with van der Waals surface area (Å²) in [5.74, 6) is 0. The molecule has 0 saturated heterocycles. The molecule has 0 N–H and O–H groups in total. The largest absolute Gasteiger partial charge is 0.417 e. The maximum absolute atomic E-state index is 12.8. The van der Waals surface area contributed by atoms with Crippen LogP contribution in [0.15, 0.2) is 40.2 Å². The van der Waals surface area contributed by atoms with Crippen molar-refractivity contribution in [3.8, 4) is 0 Å². The van der Waals surface area contributed by atoms with Crippen molar-refractivity contribution in [2.24, 2.45) is 0 Å². The van der Waals surface area contributed by atoms with Crippen molar-refractivity contribution in [1.82, 2.24) is 4.57 Å². The number of aromatic nitrogens is 1. The van der Waals surface area contributed by atoms with Crippen LogP contribution < -0.4 is 5.56 Å². The highest BCUT2D eigenvalue weighted by Crippen LogP contribution is 2.30. The van der Waals surface area contributed by atoms with Gasteiger partial charge in [0, 0.05) is 11.1 Å². The molecule has 0 aliphatic carbocycles. The first-order valence-corrected chi connectivity index (χ1v) is 8.00. The summed E-state index contributed by atoms with van der Waals surface area (Å²) in [5.41, 5.74) is -1.04. The van der Waals surface area contributed by atoms with E-state index in [1.54, 1.807) is 18.2 Å². The van der Waals surface area contributed by atoms with E-state index < -0.39 is 22.3 Å². The molecule has 118 valence electrons. The van der Waals surface area contributed by atoms with E-state index in [1.165, 1.54) is 11.8 Å². The lowest BCUT2D eigenvalue weighted by Crippen LogP contribution is -2.23. The molecule has 1 aromatic carbocycles. The Kier molecular flexibility index (Phi) is 5.14. The van der Waals surface area contributed by atoms with Crippen LogP contribution in [-0.4, -0.2) is 10.8 Å². The average molecular weight is 368 g/mol. The molecule has 2 aromatic rings. The Balaban J connectivity index is 2.43. The second-order valence-electron chi connectivity index (χ2n) is 4.48. The molecule has 0 spiro atoms. The Hall–Kier alpha value is -1.11. The lowest BCUT2D eigenvalue weighted by Gasteiger charge is -2.12. The quantitative estimate of drug-likeness (QED) is 0.716. The second kappa shape index (κ2) is 6.56. The Morgan fingerprint density at radius 2 is 1.86 bits per heavy atom. The third kappa shape index (κ3) is 3.80. The standard InChI is InChI=1S/C14H10Cl2F3NOS/c1-22-12-3-2-8(4-10(12)15)6-20-7-9(14(17,18)19)5-11(16)13(20)21/h2-5,7H,6H2,1H3. The van der Waals surface area contributed by atoms with Gasteiger partial charge in [0.25, 0.3) is 5.56 Å². The summed E-state index contributed by atoms with van der Waals surface area (Å²) in [6.45, 7) is -0.0448. The van der Waals surface area contributed by atoms with E-state index in [-0.39, 0.29) is 6.54 Å². The molecule has 0 fully saturated rings. The zero-order chi connectivity index (χ0) is 16.5. The minimum atomic E-state index is -4.57. The van der Waals surface area contributed by atoms with Gasteiger partial charge in [0.15, 0.2) is 0 Å². The van der Waals surface area contributed by atoms with E-state index in [0.29, 0.717) is 16.7 Å². The number of nitrogens with zero attached hydrogens (tertiary/aromatic N) is 1. The Labute approximate surface area is 138 Å². The van der Waals surface area contributed by atoms with Gasteiger partial charge < -0.3 is 4.57 Å². The lowest BCUT2D eigenvalue weighted by atomic mass is 10.2. The van der Waals surface area contributed by atoms with Gasteiger partial charge in [-0.3, -0.25) is 4.79 Å². The van der Waals surface area contributed by atoms with Gasteiger partial charge in [0.2, 0.25) is 0 Å². The van der Waals surface area contributed by atoms with Gasteiger partial charge >= 0.3 is 6.18 Å². The molecule has 0 unspecified atom stereocenters. The smallest absolute Gasteiger partial charge is 0.309 e. The van der Waals surface area contributed by atoms with Crippen LogP contribution in [0.4, 0.5) is 13.2 Å². The average Bonchev–Trinajstić information content (AvgIpc) is 2.42. The first-order valence-electron chi connectivity index (χ1n) is 6.02.